The summed E-state index contributed by atoms with van der Waals surface area (Å²) in [4.78, 5) is 12.8. The zero-order valence-electron chi connectivity index (χ0n) is 9.47. The van der Waals surface area contributed by atoms with E-state index in [1.165, 1.54) is 23.5 Å². The van der Waals surface area contributed by atoms with Crippen LogP contribution in [-0.2, 0) is 6.42 Å². The van der Waals surface area contributed by atoms with Gasteiger partial charge in [-0.25, -0.2) is 4.39 Å². The molecular weight excluding hydrogens is 383 g/mol. The molecule has 18 heavy (non-hydrogen) atoms. The van der Waals surface area contributed by atoms with E-state index in [9.17, 15) is 9.18 Å². The topological polar surface area (TPSA) is 17.1 Å². The first-order valence-electron chi connectivity index (χ1n) is 5.20. The molecule has 1 aromatic heterocycles. The lowest BCUT2D eigenvalue weighted by atomic mass is 10.0. The zero-order valence-corrected chi connectivity index (χ0v) is 13.5. The molecule has 0 saturated carbocycles. The molecule has 0 amide bonds. The minimum Gasteiger partial charge on any atom is -0.293 e. The maximum atomic E-state index is 13.1. The average molecular weight is 392 g/mol. The number of thiophene rings is 1. The molecule has 0 N–H and O–H groups in total. The smallest absolute Gasteiger partial charge is 0.177 e. The molecule has 0 bridgehead atoms. The number of halogens is 3. The van der Waals surface area contributed by atoms with E-state index in [2.05, 4.69) is 31.9 Å². The highest BCUT2D eigenvalue weighted by Gasteiger charge is 2.14. The largest absolute Gasteiger partial charge is 0.293 e. The van der Waals surface area contributed by atoms with Crippen LogP contribution >= 0.6 is 43.2 Å². The van der Waals surface area contributed by atoms with Crippen molar-refractivity contribution in [3.63, 3.8) is 0 Å². The lowest BCUT2D eigenvalue weighted by Crippen LogP contribution is -2.03. The van der Waals surface area contributed by atoms with E-state index < -0.39 is 0 Å². The second kappa shape index (κ2) is 5.63. The summed E-state index contributed by atoms with van der Waals surface area (Å²) in [5, 5.41) is 0. The predicted octanol–water partition coefficient (Wildman–Crippen LogP) is 5.15. The van der Waals surface area contributed by atoms with Gasteiger partial charge < -0.3 is 0 Å². The third-order valence-corrected chi connectivity index (χ3v) is 5.88. The number of benzene rings is 1. The van der Waals surface area contributed by atoms with Gasteiger partial charge in [0.1, 0.15) is 5.82 Å². The van der Waals surface area contributed by atoms with Crippen molar-refractivity contribution in [2.24, 2.45) is 0 Å². The minimum absolute atomic E-state index is 0.0000926. The molecular formula is C13H9Br2FOS. The van der Waals surface area contributed by atoms with Gasteiger partial charge in [0, 0.05) is 10.9 Å². The van der Waals surface area contributed by atoms with Crippen molar-refractivity contribution in [3.05, 3.63) is 54.3 Å². The zero-order chi connectivity index (χ0) is 13.3. The fourth-order valence-corrected chi connectivity index (χ4v) is 3.55. The first kappa shape index (κ1) is 13.9. The van der Waals surface area contributed by atoms with Crippen LogP contribution in [0.5, 0.6) is 0 Å². The summed E-state index contributed by atoms with van der Waals surface area (Å²) in [7, 11) is 0. The fraction of sp³-hybridized carbons (Fsp3) is 0.154. The molecule has 1 nitrogen and oxygen atoms in total. The van der Waals surface area contributed by atoms with Crippen molar-refractivity contribution in [2.75, 3.05) is 0 Å². The van der Waals surface area contributed by atoms with E-state index in [1.807, 2.05) is 6.92 Å². The summed E-state index contributed by atoms with van der Waals surface area (Å²) < 4.78 is 14.9. The molecule has 2 aromatic rings. The molecule has 1 aromatic carbocycles. The van der Waals surface area contributed by atoms with Crippen molar-refractivity contribution in [1.29, 1.82) is 0 Å². The average Bonchev–Trinajstić information content (AvgIpc) is 2.64. The van der Waals surface area contributed by atoms with Gasteiger partial charge in [0.15, 0.2) is 5.78 Å². The maximum absolute atomic E-state index is 13.1. The summed E-state index contributed by atoms with van der Waals surface area (Å²) >= 11 is 8.08. The van der Waals surface area contributed by atoms with Crippen molar-refractivity contribution >= 4 is 49.0 Å². The van der Waals surface area contributed by atoms with E-state index >= 15 is 0 Å². The minimum atomic E-state index is -0.308. The Bertz CT molecular complexity index is 588. The van der Waals surface area contributed by atoms with Gasteiger partial charge >= 0.3 is 0 Å². The Morgan fingerprint density at radius 1 is 1.33 bits per heavy atom. The molecule has 0 radical (unpaired) electrons. The van der Waals surface area contributed by atoms with Crippen LogP contribution in [-0.4, -0.2) is 5.78 Å². The summed E-state index contributed by atoms with van der Waals surface area (Å²) in [6.07, 6.45) is 0.225. The van der Waals surface area contributed by atoms with Gasteiger partial charge in [-0.05, 0) is 68.1 Å². The third kappa shape index (κ3) is 3.08. The van der Waals surface area contributed by atoms with Crippen LogP contribution < -0.4 is 0 Å². The molecule has 0 spiro atoms. The molecule has 2 rings (SSSR count). The normalized spacial score (nSPS) is 10.7. The number of ketones is 1. The highest BCUT2D eigenvalue weighted by atomic mass is 79.9. The second-order valence-electron chi connectivity index (χ2n) is 3.90. The number of Topliss-reactive ketones (excluding diaryl/α,β-unsaturated/α-hetero) is 1. The molecule has 5 heteroatoms. The summed E-state index contributed by atoms with van der Waals surface area (Å²) in [6, 6.07) is 6.30. The number of hydrogen-bond acceptors (Lipinski definition) is 2. The first-order chi connectivity index (χ1) is 8.47. The van der Waals surface area contributed by atoms with E-state index in [0.29, 0.717) is 4.88 Å². The number of rotatable bonds is 3. The van der Waals surface area contributed by atoms with Crippen molar-refractivity contribution < 1.29 is 9.18 Å². The number of hydrogen-bond donors (Lipinski definition) is 0. The number of aryl methyl sites for hydroxylation is 1. The summed E-state index contributed by atoms with van der Waals surface area (Å²) in [6.45, 7) is 1.88. The molecule has 1 heterocycles. The van der Waals surface area contributed by atoms with E-state index in [4.69, 9.17) is 0 Å². The van der Waals surface area contributed by atoms with Crippen LogP contribution in [0.25, 0.3) is 0 Å². The first-order valence-corrected chi connectivity index (χ1v) is 7.60. The molecule has 0 aliphatic heterocycles. The highest BCUT2D eigenvalue weighted by molar-refractivity contribution is 9.13. The summed E-state index contributed by atoms with van der Waals surface area (Å²) in [5.41, 5.74) is 1.67. The van der Waals surface area contributed by atoms with Crippen LogP contribution in [0, 0.1) is 12.7 Å². The monoisotopic (exact) mass is 390 g/mol. The molecule has 94 valence electrons. The van der Waals surface area contributed by atoms with Gasteiger partial charge in [0.2, 0.25) is 0 Å². The molecule has 0 fully saturated rings. The van der Waals surface area contributed by atoms with Gasteiger partial charge in [0.25, 0.3) is 0 Å². The van der Waals surface area contributed by atoms with E-state index in [-0.39, 0.29) is 18.0 Å². The predicted molar refractivity (Wildman–Crippen MR) is 78.9 cm³/mol. The lowest BCUT2D eigenvalue weighted by molar-refractivity contribution is 0.0996. The van der Waals surface area contributed by atoms with Crippen molar-refractivity contribution in [3.8, 4) is 0 Å². The van der Waals surface area contributed by atoms with Gasteiger partial charge in [0.05, 0.1) is 8.66 Å². The lowest BCUT2D eigenvalue weighted by Gasteiger charge is -2.04. The Morgan fingerprint density at radius 3 is 2.67 bits per heavy atom. The molecule has 0 unspecified atom stereocenters. The van der Waals surface area contributed by atoms with E-state index in [1.54, 1.807) is 12.1 Å². The Hall–Kier alpha value is -0.520. The maximum Gasteiger partial charge on any atom is 0.177 e. The number of carbonyl (C=O) groups is 1. The molecule has 0 atom stereocenters. The van der Waals surface area contributed by atoms with Crippen LogP contribution in [0.1, 0.15) is 20.8 Å². The fourth-order valence-electron chi connectivity index (χ4n) is 1.57. The molecule has 0 saturated heterocycles. The summed E-state index contributed by atoms with van der Waals surface area (Å²) in [5.74, 6) is -0.308. The van der Waals surface area contributed by atoms with Crippen LogP contribution in [0.3, 0.4) is 0 Å². The van der Waals surface area contributed by atoms with Crippen LogP contribution in [0.2, 0.25) is 0 Å². The quantitative estimate of drug-likeness (QED) is 0.661. The van der Waals surface area contributed by atoms with Crippen molar-refractivity contribution in [2.45, 2.75) is 13.3 Å². The van der Waals surface area contributed by atoms with Crippen LogP contribution in [0.15, 0.2) is 32.5 Å². The standard InChI is InChI=1S/C13H9Br2FOS/c1-7-2-3-9(16)4-8(7)5-11(17)12-6-10(14)13(15)18-12/h2-4,6H,5H2,1H3. The van der Waals surface area contributed by atoms with Crippen molar-refractivity contribution in [1.82, 2.24) is 0 Å². The Morgan fingerprint density at radius 2 is 2.06 bits per heavy atom. The molecule has 0 aliphatic rings. The second-order valence-corrected chi connectivity index (χ2v) is 7.13. The van der Waals surface area contributed by atoms with Gasteiger partial charge in [-0.1, -0.05) is 6.07 Å². The third-order valence-electron chi connectivity index (χ3n) is 2.58. The van der Waals surface area contributed by atoms with Gasteiger partial charge in [-0.2, -0.15) is 0 Å². The van der Waals surface area contributed by atoms with Crippen LogP contribution in [0.4, 0.5) is 4.39 Å². The highest BCUT2D eigenvalue weighted by Crippen LogP contribution is 2.33. The Balaban J connectivity index is 2.23. The van der Waals surface area contributed by atoms with Gasteiger partial charge in [-0.15, -0.1) is 11.3 Å². The number of carbonyl (C=O) groups excluding carboxylic acids is 1. The SMILES string of the molecule is Cc1ccc(F)cc1CC(=O)c1cc(Br)c(Br)s1. The van der Waals surface area contributed by atoms with E-state index in [0.717, 1.165) is 19.4 Å². The van der Waals surface area contributed by atoms with Gasteiger partial charge in [-0.3, -0.25) is 4.79 Å². The molecule has 0 aliphatic carbocycles. The Kier molecular flexibility index (Phi) is 4.35. The Labute approximate surface area is 125 Å².